The highest BCUT2D eigenvalue weighted by molar-refractivity contribution is 5.72. The molecule has 2 aromatic carbocycles. The third kappa shape index (κ3) is 3.90. The Hall–Kier alpha value is -3.45. The lowest BCUT2D eigenvalue weighted by atomic mass is 9.87. The number of aromatic nitrogens is 2. The molecule has 10 heteroatoms. The van der Waals surface area contributed by atoms with Crippen LogP contribution < -0.4 is 5.73 Å². The van der Waals surface area contributed by atoms with Crippen molar-refractivity contribution in [3.63, 3.8) is 0 Å². The summed E-state index contributed by atoms with van der Waals surface area (Å²) in [6.07, 6.45) is -8.15. The van der Waals surface area contributed by atoms with Crippen LogP contribution in [-0.2, 0) is 19.9 Å². The zero-order valence-corrected chi connectivity index (χ0v) is 18.3. The summed E-state index contributed by atoms with van der Waals surface area (Å²) in [5.41, 5.74) is 5.66. The van der Waals surface area contributed by atoms with Gasteiger partial charge < -0.3 is 10.8 Å². The molecule has 0 spiro atoms. The van der Waals surface area contributed by atoms with Gasteiger partial charge in [-0.15, -0.1) is 0 Å². The minimum Gasteiger partial charge on any atom is -0.385 e. The number of aliphatic hydroxyl groups excluding tert-OH is 1. The Morgan fingerprint density at radius 2 is 1.97 bits per heavy atom. The lowest BCUT2D eigenvalue weighted by molar-refractivity contribution is 0.0927. The van der Waals surface area contributed by atoms with Crippen LogP contribution in [0.2, 0.25) is 0 Å². The fourth-order valence-electron chi connectivity index (χ4n) is 4.60. The number of nitrogen functional groups attached to an aromatic ring is 1. The molecule has 4 rings (SSSR count). The molecule has 5 nitrogen and oxygen atoms in total. The van der Waals surface area contributed by atoms with Crippen LogP contribution in [0.25, 0.3) is 11.3 Å². The van der Waals surface area contributed by atoms with E-state index in [2.05, 4.69) is 5.10 Å². The quantitative estimate of drug-likeness (QED) is 0.523. The van der Waals surface area contributed by atoms with Gasteiger partial charge in [-0.1, -0.05) is 0 Å². The molecule has 0 aliphatic heterocycles. The Labute approximate surface area is 192 Å². The van der Waals surface area contributed by atoms with E-state index in [9.17, 15) is 27.9 Å². The molecule has 1 aliphatic carbocycles. The number of fused-ring (bicyclic) bond motifs is 1. The first-order valence-corrected chi connectivity index (χ1v) is 10.5. The predicted molar refractivity (Wildman–Crippen MR) is 115 cm³/mol. The number of anilines is 1. The van der Waals surface area contributed by atoms with E-state index in [1.807, 2.05) is 0 Å². The molecule has 3 aromatic rings. The van der Waals surface area contributed by atoms with Gasteiger partial charge in [0.1, 0.15) is 35.9 Å². The van der Waals surface area contributed by atoms with Crippen LogP contribution in [0.3, 0.4) is 0 Å². The van der Waals surface area contributed by atoms with Crippen molar-refractivity contribution >= 4 is 5.82 Å². The zero-order valence-electron chi connectivity index (χ0n) is 18.3. The van der Waals surface area contributed by atoms with Crippen molar-refractivity contribution in [2.45, 2.75) is 44.4 Å². The number of hydrogen-bond acceptors (Lipinski definition) is 4. The number of alkyl halides is 3. The first-order chi connectivity index (χ1) is 16.0. The lowest BCUT2D eigenvalue weighted by Gasteiger charge is -2.20. The van der Waals surface area contributed by atoms with Gasteiger partial charge in [-0.05, 0) is 59.4 Å². The highest BCUT2D eigenvalue weighted by atomic mass is 19.2. The van der Waals surface area contributed by atoms with Gasteiger partial charge in [0.15, 0.2) is 6.17 Å². The summed E-state index contributed by atoms with van der Waals surface area (Å²) in [5, 5.41) is 24.0. The van der Waals surface area contributed by atoms with Crippen molar-refractivity contribution in [3.05, 3.63) is 69.3 Å². The minimum atomic E-state index is -2.23. The molecule has 4 unspecified atom stereocenters. The number of aliphatic hydroxyl groups is 1. The predicted octanol–water partition coefficient (Wildman–Crippen LogP) is 4.71. The average molecular weight is 476 g/mol. The fraction of sp³-hybridized carbons (Fsp3) is 0.333. The van der Waals surface area contributed by atoms with Gasteiger partial charge in [0.05, 0.1) is 17.3 Å². The molecule has 0 fully saturated rings. The summed E-state index contributed by atoms with van der Waals surface area (Å²) in [7, 11) is 1.52. The number of benzene rings is 2. The Morgan fingerprint density at radius 1 is 1.26 bits per heavy atom. The van der Waals surface area contributed by atoms with Gasteiger partial charge in [0.2, 0.25) is 0 Å². The van der Waals surface area contributed by atoms with Crippen LogP contribution in [0.4, 0.5) is 27.8 Å². The molecule has 178 valence electrons. The first-order valence-electron chi connectivity index (χ1n) is 10.5. The van der Waals surface area contributed by atoms with Crippen molar-refractivity contribution in [2.75, 3.05) is 5.73 Å². The van der Waals surface area contributed by atoms with Gasteiger partial charge >= 0.3 is 0 Å². The van der Waals surface area contributed by atoms with E-state index in [4.69, 9.17) is 5.73 Å². The standard InChI is InChI=1S/C24H21F5N4O/c1-10(25)23(29)16-6-13(26)3-12(9-30)14(16)4-11-5-17(27)22(19-8-20(31)32-33(19)2)21-15(11)7-18(28)24(21)34/h3,5-6,8,10,18,23-24,34H,4,7H2,1-2H3,(H2,31,32). The van der Waals surface area contributed by atoms with Gasteiger partial charge in [0, 0.05) is 25.1 Å². The van der Waals surface area contributed by atoms with Crippen LogP contribution in [0.5, 0.6) is 0 Å². The second kappa shape index (κ2) is 8.72. The SMILES string of the molecule is CC(F)C(F)c1cc(F)cc(C#N)c1Cc1cc(F)c(-c2cc(N)nn2C)c2c1CC(F)C2O. The topological polar surface area (TPSA) is 87.9 Å². The molecular formula is C24H21F5N4O. The molecule has 0 saturated carbocycles. The van der Waals surface area contributed by atoms with Gasteiger partial charge in [0.25, 0.3) is 0 Å². The maximum Gasteiger partial charge on any atom is 0.156 e. The van der Waals surface area contributed by atoms with Crippen molar-refractivity contribution in [1.82, 2.24) is 9.78 Å². The smallest absolute Gasteiger partial charge is 0.156 e. The minimum absolute atomic E-state index is 0.00308. The van der Waals surface area contributed by atoms with Crippen molar-refractivity contribution in [3.8, 4) is 17.3 Å². The van der Waals surface area contributed by atoms with E-state index < -0.39 is 36.3 Å². The summed E-state index contributed by atoms with van der Waals surface area (Å²) in [6.45, 7) is 0.960. The number of halogens is 5. The number of nitriles is 1. The Morgan fingerprint density at radius 3 is 2.56 bits per heavy atom. The van der Waals surface area contributed by atoms with Crippen LogP contribution in [-0.4, -0.2) is 27.2 Å². The molecule has 0 radical (unpaired) electrons. The van der Waals surface area contributed by atoms with Gasteiger partial charge in [-0.25, -0.2) is 22.0 Å². The Balaban J connectivity index is 1.93. The van der Waals surface area contributed by atoms with Crippen LogP contribution in [0.15, 0.2) is 24.3 Å². The van der Waals surface area contributed by atoms with Crippen LogP contribution in [0.1, 0.15) is 52.6 Å². The van der Waals surface area contributed by atoms with Crippen molar-refractivity contribution in [2.24, 2.45) is 7.05 Å². The molecule has 0 saturated heterocycles. The second-order valence-corrected chi connectivity index (χ2v) is 8.42. The first kappa shape index (κ1) is 23.7. The summed E-state index contributed by atoms with van der Waals surface area (Å²) in [6, 6.07) is 5.93. The van der Waals surface area contributed by atoms with Gasteiger partial charge in [-0.2, -0.15) is 10.4 Å². The van der Waals surface area contributed by atoms with E-state index in [0.717, 1.165) is 25.1 Å². The van der Waals surface area contributed by atoms with Crippen molar-refractivity contribution in [1.29, 1.82) is 5.26 Å². The van der Waals surface area contributed by atoms with E-state index in [-0.39, 0.29) is 63.3 Å². The van der Waals surface area contributed by atoms with Crippen molar-refractivity contribution < 1.29 is 27.1 Å². The number of hydrogen-bond donors (Lipinski definition) is 2. The maximum atomic E-state index is 15.4. The lowest BCUT2D eigenvalue weighted by Crippen LogP contribution is -2.12. The molecule has 0 amide bonds. The summed E-state index contributed by atoms with van der Waals surface area (Å²) < 4.78 is 73.9. The van der Waals surface area contributed by atoms with Crippen LogP contribution >= 0.6 is 0 Å². The summed E-state index contributed by atoms with van der Waals surface area (Å²) >= 11 is 0. The Kier molecular flexibility index (Phi) is 6.08. The maximum absolute atomic E-state index is 15.4. The van der Waals surface area contributed by atoms with Crippen LogP contribution in [0, 0.1) is 23.0 Å². The third-order valence-electron chi connectivity index (χ3n) is 6.15. The van der Waals surface area contributed by atoms with E-state index >= 15 is 4.39 Å². The molecule has 0 bridgehead atoms. The monoisotopic (exact) mass is 476 g/mol. The summed E-state index contributed by atoms with van der Waals surface area (Å²) in [5.74, 6) is -1.64. The number of aryl methyl sites for hydroxylation is 1. The third-order valence-corrected chi connectivity index (χ3v) is 6.15. The Bertz CT molecular complexity index is 1310. The van der Waals surface area contributed by atoms with E-state index in [1.54, 1.807) is 6.07 Å². The number of rotatable bonds is 5. The largest absolute Gasteiger partial charge is 0.385 e. The van der Waals surface area contributed by atoms with Gasteiger partial charge in [-0.3, -0.25) is 4.68 Å². The molecule has 1 aromatic heterocycles. The molecule has 1 aliphatic rings. The molecular weight excluding hydrogens is 455 g/mol. The normalized spacial score (nSPS) is 19.0. The molecule has 1 heterocycles. The molecule has 4 atom stereocenters. The van der Waals surface area contributed by atoms with E-state index in [1.165, 1.54) is 17.8 Å². The average Bonchev–Trinajstić information content (AvgIpc) is 3.26. The second-order valence-electron chi connectivity index (χ2n) is 8.42. The number of nitrogens with zero attached hydrogens (tertiary/aromatic N) is 3. The fourth-order valence-corrected chi connectivity index (χ4v) is 4.60. The summed E-state index contributed by atoms with van der Waals surface area (Å²) in [4.78, 5) is 0. The number of nitrogens with two attached hydrogens (primary N) is 1. The zero-order chi connectivity index (χ0) is 24.9. The molecule has 3 N–H and O–H groups in total. The molecule has 34 heavy (non-hydrogen) atoms. The highest BCUT2D eigenvalue weighted by Gasteiger charge is 2.38. The highest BCUT2D eigenvalue weighted by Crippen LogP contribution is 2.44. The van der Waals surface area contributed by atoms with E-state index in [0.29, 0.717) is 0 Å².